The van der Waals surface area contributed by atoms with E-state index in [4.69, 9.17) is 4.74 Å². The molecule has 4 rings (SSSR count). The summed E-state index contributed by atoms with van der Waals surface area (Å²) < 4.78 is 5.17. The number of aromatic hydroxyl groups is 1. The SMILES string of the molecule is COc1ccc([C@H](N=C2NC(=O)[C@H](CC(=O)Nc3ccc(C)cc3)S2)c2c(O)[nH]c(=O)[nH]c2=O)cc1. The van der Waals surface area contributed by atoms with Crippen LogP contribution in [0.5, 0.6) is 11.6 Å². The second kappa shape index (κ2) is 10.5. The normalized spacial score (nSPS) is 17.0. The number of rotatable bonds is 7. The molecule has 5 N–H and O–H groups in total. The summed E-state index contributed by atoms with van der Waals surface area (Å²) in [5.74, 6) is -0.828. The Balaban J connectivity index is 1.59. The summed E-state index contributed by atoms with van der Waals surface area (Å²) in [6.45, 7) is 1.94. The van der Waals surface area contributed by atoms with Crippen LogP contribution in [0.15, 0.2) is 63.1 Å². The second-order valence-electron chi connectivity index (χ2n) is 7.99. The third kappa shape index (κ3) is 5.66. The van der Waals surface area contributed by atoms with Gasteiger partial charge >= 0.3 is 5.69 Å². The lowest BCUT2D eigenvalue weighted by Gasteiger charge is -2.15. The topological polar surface area (TPSA) is 166 Å². The van der Waals surface area contributed by atoms with Gasteiger partial charge in [0.1, 0.15) is 22.6 Å². The molecule has 0 bridgehead atoms. The van der Waals surface area contributed by atoms with Crippen molar-refractivity contribution in [3.63, 3.8) is 0 Å². The van der Waals surface area contributed by atoms with Crippen LogP contribution in [-0.4, -0.2) is 44.4 Å². The van der Waals surface area contributed by atoms with Crippen molar-refractivity contribution in [2.45, 2.75) is 24.6 Å². The molecule has 2 amide bonds. The number of amidine groups is 1. The zero-order valence-electron chi connectivity index (χ0n) is 19.3. The van der Waals surface area contributed by atoms with Gasteiger partial charge in [0.05, 0.1) is 7.11 Å². The molecule has 0 saturated carbocycles. The number of aliphatic imine (C=N–C) groups is 1. The molecular formula is C24H23N5O6S. The molecule has 1 aromatic heterocycles. The van der Waals surface area contributed by atoms with Gasteiger partial charge in [0.2, 0.25) is 17.7 Å². The highest BCUT2D eigenvalue weighted by molar-refractivity contribution is 8.15. The lowest BCUT2D eigenvalue weighted by atomic mass is 10.0. The fraction of sp³-hybridized carbons (Fsp3) is 0.208. The molecule has 2 aromatic carbocycles. The zero-order chi connectivity index (χ0) is 25.8. The van der Waals surface area contributed by atoms with Crippen LogP contribution in [0.1, 0.15) is 29.2 Å². The Labute approximate surface area is 209 Å². The van der Waals surface area contributed by atoms with Crippen molar-refractivity contribution in [1.29, 1.82) is 0 Å². The number of carbonyl (C=O) groups is 2. The highest BCUT2D eigenvalue weighted by Crippen LogP contribution is 2.32. The Kier molecular flexibility index (Phi) is 7.25. The minimum absolute atomic E-state index is 0.0961. The largest absolute Gasteiger partial charge is 0.497 e. The van der Waals surface area contributed by atoms with Crippen molar-refractivity contribution in [3.05, 3.63) is 86.1 Å². The van der Waals surface area contributed by atoms with Crippen LogP contribution in [0.2, 0.25) is 0 Å². The van der Waals surface area contributed by atoms with E-state index in [-0.39, 0.29) is 23.1 Å². The smallest absolute Gasteiger partial charge is 0.328 e. The molecular weight excluding hydrogens is 486 g/mol. The predicted octanol–water partition coefficient (Wildman–Crippen LogP) is 1.79. The first kappa shape index (κ1) is 24.8. The summed E-state index contributed by atoms with van der Waals surface area (Å²) in [5, 5.41) is 15.2. The van der Waals surface area contributed by atoms with Crippen molar-refractivity contribution < 1.29 is 19.4 Å². The van der Waals surface area contributed by atoms with Crippen LogP contribution in [-0.2, 0) is 9.59 Å². The molecule has 36 heavy (non-hydrogen) atoms. The molecule has 12 heteroatoms. The minimum atomic E-state index is -1.07. The van der Waals surface area contributed by atoms with Crippen molar-refractivity contribution in [2.24, 2.45) is 4.99 Å². The van der Waals surface area contributed by atoms with Crippen molar-refractivity contribution in [1.82, 2.24) is 15.3 Å². The first-order chi connectivity index (χ1) is 17.2. The van der Waals surface area contributed by atoms with E-state index in [0.29, 0.717) is 17.0 Å². The van der Waals surface area contributed by atoms with Gasteiger partial charge in [0, 0.05) is 12.1 Å². The van der Waals surface area contributed by atoms with E-state index in [0.717, 1.165) is 17.3 Å². The molecule has 0 aliphatic carbocycles. The predicted molar refractivity (Wildman–Crippen MR) is 136 cm³/mol. The van der Waals surface area contributed by atoms with Crippen LogP contribution in [0.4, 0.5) is 5.69 Å². The number of anilines is 1. The quantitative estimate of drug-likeness (QED) is 0.324. The first-order valence-electron chi connectivity index (χ1n) is 10.8. The zero-order valence-corrected chi connectivity index (χ0v) is 20.1. The molecule has 2 heterocycles. The van der Waals surface area contributed by atoms with Gasteiger partial charge in [0.15, 0.2) is 5.17 Å². The van der Waals surface area contributed by atoms with Crippen molar-refractivity contribution >= 4 is 34.4 Å². The molecule has 0 radical (unpaired) electrons. The highest BCUT2D eigenvalue weighted by Gasteiger charge is 2.33. The number of thioether (sulfide) groups is 1. The average Bonchev–Trinajstić information content (AvgIpc) is 3.17. The number of amides is 2. The Bertz CT molecular complexity index is 1430. The Morgan fingerprint density at radius 1 is 1.11 bits per heavy atom. The van der Waals surface area contributed by atoms with Gasteiger partial charge in [-0.1, -0.05) is 41.6 Å². The molecule has 0 unspecified atom stereocenters. The number of hydrogen-bond donors (Lipinski definition) is 5. The van der Waals surface area contributed by atoms with E-state index < -0.39 is 34.3 Å². The maximum absolute atomic E-state index is 12.6. The van der Waals surface area contributed by atoms with E-state index >= 15 is 0 Å². The summed E-state index contributed by atoms with van der Waals surface area (Å²) in [6.07, 6.45) is -0.0961. The van der Waals surface area contributed by atoms with Crippen LogP contribution >= 0.6 is 11.8 Å². The number of ether oxygens (including phenoxy) is 1. The number of aryl methyl sites for hydroxylation is 1. The second-order valence-corrected chi connectivity index (χ2v) is 9.19. The summed E-state index contributed by atoms with van der Waals surface area (Å²) >= 11 is 1.04. The number of benzene rings is 2. The maximum atomic E-state index is 12.6. The third-order valence-electron chi connectivity index (χ3n) is 5.39. The van der Waals surface area contributed by atoms with Gasteiger partial charge in [-0.2, -0.15) is 0 Å². The fourth-order valence-electron chi connectivity index (χ4n) is 3.56. The lowest BCUT2D eigenvalue weighted by Crippen LogP contribution is -2.29. The van der Waals surface area contributed by atoms with Gasteiger partial charge in [-0.25, -0.2) is 9.79 Å². The van der Waals surface area contributed by atoms with E-state index in [2.05, 4.69) is 25.6 Å². The van der Waals surface area contributed by atoms with E-state index in [1.807, 2.05) is 19.1 Å². The number of hydrogen-bond acceptors (Lipinski definition) is 8. The van der Waals surface area contributed by atoms with Crippen molar-refractivity contribution in [3.8, 4) is 11.6 Å². The molecule has 1 aliphatic heterocycles. The van der Waals surface area contributed by atoms with Crippen LogP contribution < -0.4 is 26.6 Å². The summed E-state index contributed by atoms with van der Waals surface area (Å²) in [5.41, 5.74) is 0.262. The number of nitrogens with one attached hydrogen (secondary N) is 4. The van der Waals surface area contributed by atoms with E-state index in [9.17, 15) is 24.3 Å². The fourth-order valence-corrected chi connectivity index (χ4v) is 4.56. The Hall–Kier alpha value is -4.32. The molecule has 3 aromatic rings. The van der Waals surface area contributed by atoms with Gasteiger partial charge in [-0.05, 0) is 36.8 Å². The number of aromatic amines is 2. The molecule has 1 saturated heterocycles. The number of methoxy groups -OCH3 is 1. The van der Waals surface area contributed by atoms with Gasteiger partial charge in [-0.15, -0.1) is 0 Å². The van der Waals surface area contributed by atoms with Crippen LogP contribution in [0.3, 0.4) is 0 Å². The Morgan fingerprint density at radius 3 is 2.44 bits per heavy atom. The number of carbonyl (C=O) groups excluding carboxylic acids is 2. The average molecular weight is 510 g/mol. The maximum Gasteiger partial charge on any atom is 0.328 e. The summed E-state index contributed by atoms with van der Waals surface area (Å²) in [6, 6.07) is 12.8. The Morgan fingerprint density at radius 2 is 1.81 bits per heavy atom. The summed E-state index contributed by atoms with van der Waals surface area (Å²) in [7, 11) is 1.50. The standard InChI is InChI=1S/C24H23N5O6S/c1-12-3-7-14(8-4-12)25-17(30)11-16-20(31)29-24(36-16)26-19(13-5-9-15(35-2)10-6-13)18-21(32)27-23(34)28-22(18)33/h3-10,16,19H,11H2,1-2H3,(H,25,30)(H,26,29,31)(H3,27,28,32,33,34)/t16-,19-/m0/s1. The summed E-state index contributed by atoms with van der Waals surface area (Å²) in [4.78, 5) is 57.9. The highest BCUT2D eigenvalue weighted by atomic mass is 32.2. The minimum Gasteiger partial charge on any atom is -0.497 e. The van der Waals surface area contributed by atoms with Gasteiger partial charge in [-0.3, -0.25) is 24.4 Å². The molecule has 0 spiro atoms. The van der Waals surface area contributed by atoms with E-state index in [1.54, 1.807) is 36.4 Å². The number of nitrogens with zero attached hydrogens (tertiary/aromatic N) is 1. The van der Waals surface area contributed by atoms with Crippen LogP contribution in [0.25, 0.3) is 0 Å². The number of H-pyrrole nitrogens is 2. The third-order valence-corrected chi connectivity index (χ3v) is 6.49. The van der Waals surface area contributed by atoms with E-state index in [1.165, 1.54) is 7.11 Å². The molecule has 186 valence electrons. The molecule has 11 nitrogen and oxygen atoms in total. The van der Waals surface area contributed by atoms with Gasteiger partial charge < -0.3 is 20.5 Å². The lowest BCUT2D eigenvalue weighted by molar-refractivity contribution is -0.122. The first-order valence-corrected chi connectivity index (χ1v) is 11.7. The monoisotopic (exact) mass is 509 g/mol. The molecule has 2 atom stereocenters. The molecule has 1 aliphatic rings. The van der Waals surface area contributed by atoms with Crippen molar-refractivity contribution in [2.75, 3.05) is 12.4 Å². The molecule has 1 fully saturated rings. The van der Waals surface area contributed by atoms with Crippen LogP contribution in [0, 0.1) is 6.92 Å². The number of aromatic nitrogens is 2. The van der Waals surface area contributed by atoms with Gasteiger partial charge in [0.25, 0.3) is 5.56 Å².